The third kappa shape index (κ3) is 28.1. The second-order valence-electron chi connectivity index (χ2n) is 15.0. The fourth-order valence-electron chi connectivity index (χ4n) is 7.00. The standard InChI is InChI=1S/C42H83N3O5.ClH/c1-3-5-7-9-11-13-15-17-19-21-23-25-27-32-40(48)38(35-46)45(42(50)37(44)31-29-30-34-43)39(36-47)41(49)33-28-26-24-22-20-18-16-14-12-10-8-6-4-2;/h37-39,46-47H,3-36,43-44H2,1-2H3;1H/t37-,38?,39?;/m0./s1. The lowest BCUT2D eigenvalue weighted by atomic mass is 9.96. The van der Waals surface area contributed by atoms with E-state index in [-0.39, 0.29) is 36.8 Å². The van der Waals surface area contributed by atoms with Gasteiger partial charge in [0.25, 0.3) is 0 Å². The number of unbranched alkanes of at least 4 members (excludes halogenated alkanes) is 25. The third-order valence-electron chi connectivity index (χ3n) is 10.4. The van der Waals surface area contributed by atoms with Gasteiger partial charge in [0, 0.05) is 12.8 Å². The second kappa shape index (κ2) is 38.7. The molecule has 51 heavy (non-hydrogen) atoms. The van der Waals surface area contributed by atoms with Crippen molar-refractivity contribution in [2.75, 3.05) is 19.8 Å². The number of amides is 1. The molecule has 6 N–H and O–H groups in total. The Labute approximate surface area is 320 Å². The highest BCUT2D eigenvalue weighted by Gasteiger charge is 2.39. The Morgan fingerprint density at radius 1 is 0.490 bits per heavy atom. The number of rotatable bonds is 39. The van der Waals surface area contributed by atoms with Crippen LogP contribution in [0.1, 0.15) is 213 Å². The van der Waals surface area contributed by atoms with Gasteiger partial charge in [-0.25, -0.2) is 0 Å². The number of nitrogens with zero attached hydrogens (tertiary/aromatic N) is 1. The molecule has 0 saturated carbocycles. The van der Waals surface area contributed by atoms with Crippen LogP contribution in [0, 0.1) is 0 Å². The van der Waals surface area contributed by atoms with E-state index in [0.29, 0.717) is 38.6 Å². The predicted molar refractivity (Wildman–Crippen MR) is 217 cm³/mol. The van der Waals surface area contributed by atoms with Gasteiger partial charge in [0.1, 0.15) is 12.1 Å². The van der Waals surface area contributed by atoms with Gasteiger partial charge >= 0.3 is 0 Å². The minimum absolute atomic E-state index is 0. The SMILES string of the molecule is CCCCCCCCCCCCCCCC(=O)C(CO)N(C(=O)[C@@H](N)CCCCN)C(CO)C(=O)CCCCCCCCCCCCCCC.Cl. The zero-order valence-corrected chi connectivity index (χ0v) is 34.2. The van der Waals surface area contributed by atoms with Crippen LogP contribution < -0.4 is 11.5 Å². The van der Waals surface area contributed by atoms with Gasteiger partial charge < -0.3 is 26.6 Å². The summed E-state index contributed by atoms with van der Waals surface area (Å²) in [5.41, 5.74) is 11.9. The zero-order chi connectivity index (χ0) is 37.1. The van der Waals surface area contributed by atoms with E-state index in [1.807, 2.05) is 0 Å². The van der Waals surface area contributed by atoms with Crippen molar-refractivity contribution < 1.29 is 24.6 Å². The summed E-state index contributed by atoms with van der Waals surface area (Å²) >= 11 is 0. The number of carbonyl (C=O) groups excluding carboxylic acids is 3. The molecule has 0 bridgehead atoms. The molecule has 0 saturated heterocycles. The van der Waals surface area contributed by atoms with Gasteiger partial charge in [-0.05, 0) is 32.2 Å². The number of carbonyl (C=O) groups is 3. The van der Waals surface area contributed by atoms with E-state index in [9.17, 15) is 24.6 Å². The van der Waals surface area contributed by atoms with Gasteiger partial charge in [-0.2, -0.15) is 0 Å². The summed E-state index contributed by atoms with van der Waals surface area (Å²) in [7, 11) is 0. The molecule has 0 radical (unpaired) electrons. The van der Waals surface area contributed by atoms with E-state index in [2.05, 4.69) is 13.8 Å². The average Bonchev–Trinajstić information content (AvgIpc) is 3.11. The highest BCUT2D eigenvalue weighted by molar-refractivity contribution is 5.95. The van der Waals surface area contributed by atoms with E-state index in [4.69, 9.17) is 11.5 Å². The van der Waals surface area contributed by atoms with Gasteiger partial charge in [-0.15, -0.1) is 12.4 Å². The Hall–Kier alpha value is -1.06. The summed E-state index contributed by atoms with van der Waals surface area (Å²) in [6.45, 7) is 3.79. The van der Waals surface area contributed by atoms with Gasteiger partial charge in [0.15, 0.2) is 11.6 Å². The molecule has 0 rings (SSSR count). The number of halogens is 1. The van der Waals surface area contributed by atoms with Gasteiger partial charge in [-0.3, -0.25) is 14.4 Å². The Morgan fingerprint density at radius 3 is 1.06 bits per heavy atom. The van der Waals surface area contributed by atoms with Crippen molar-refractivity contribution in [2.24, 2.45) is 11.5 Å². The molecule has 0 aromatic heterocycles. The molecule has 0 spiro atoms. The van der Waals surface area contributed by atoms with Crippen molar-refractivity contribution >= 4 is 29.9 Å². The second-order valence-corrected chi connectivity index (χ2v) is 15.0. The lowest BCUT2D eigenvalue weighted by Crippen LogP contribution is -2.60. The topological polar surface area (TPSA) is 147 Å². The number of Topliss-reactive ketones (excluding diaryl/α,β-unsaturated/α-hetero) is 2. The van der Waals surface area contributed by atoms with E-state index < -0.39 is 37.2 Å². The Balaban J connectivity index is 0. The van der Waals surface area contributed by atoms with Gasteiger partial charge in [0.2, 0.25) is 5.91 Å². The maximum atomic E-state index is 13.7. The number of hydrogen-bond donors (Lipinski definition) is 4. The summed E-state index contributed by atoms with van der Waals surface area (Å²) in [4.78, 5) is 41.7. The van der Waals surface area contributed by atoms with Crippen LogP contribution in [0.4, 0.5) is 0 Å². The molecule has 304 valence electrons. The van der Waals surface area contributed by atoms with Crippen LogP contribution in [0.5, 0.6) is 0 Å². The molecule has 1 amide bonds. The number of aliphatic hydroxyl groups is 2. The van der Waals surface area contributed by atoms with E-state index in [1.165, 1.54) is 116 Å². The van der Waals surface area contributed by atoms with Crippen LogP contribution in [0.25, 0.3) is 0 Å². The summed E-state index contributed by atoms with van der Waals surface area (Å²) < 4.78 is 0. The first-order valence-corrected chi connectivity index (χ1v) is 21.4. The predicted octanol–water partition coefficient (Wildman–Crippen LogP) is 9.52. The Morgan fingerprint density at radius 2 is 0.784 bits per heavy atom. The minimum Gasteiger partial charge on any atom is -0.394 e. The van der Waals surface area contributed by atoms with Crippen LogP contribution in [0.2, 0.25) is 0 Å². The monoisotopic (exact) mass is 746 g/mol. The van der Waals surface area contributed by atoms with Crippen molar-refractivity contribution in [3.8, 4) is 0 Å². The number of nitrogens with two attached hydrogens (primary N) is 2. The molecule has 8 nitrogen and oxygen atoms in total. The van der Waals surface area contributed by atoms with Crippen molar-refractivity contribution in [1.82, 2.24) is 4.90 Å². The van der Waals surface area contributed by atoms with E-state index >= 15 is 0 Å². The molecule has 0 fully saturated rings. The van der Waals surface area contributed by atoms with Crippen LogP contribution in [0.15, 0.2) is 0 Å². The summed E-state index contributed by atoms with van der Waals surface area (Å²) in [5.74, 6) is -1.10. The Bertz CT molecular complexity index is 752. The van der Waals surface area contributed by atoms with Crippen LogP contribution in [-0.2, 0) is 14.4 Å². The van der Waals surface area contributed by atoms with Gasteiger partial charge in [0.05, 0.1) is 19.3 Å². The molecule has 9 heteroatoms. The number of aliphatic hydroxyl groups excluding tert-OH is 2. The third-order valence-corrected chi connectivity index (χ3v) is 10.4. The maximum absolute atomic E-state index is 13.7. The first-order chi connectivity index (χ1) is 24.4. The summed E-state index contributed by atoms with van der Waals surface area (Å²) in [5, 5.41) is 20.8. The molecule has 0 aliphatic rings. The smallest absolute Gasteiger partial charge is 0.240 e. The zero-order valence-electron chi connectivity index (χ0n) is 33.4. The molecule has 0 aromatic rings. The number of ketones is 2. The van der Waals surface area contributed by atoms with Crippen LogP contribution in [0.3, 0.4) is 0 Å². The van der Waals surface area contributed by atoms with Crippen molar-refractivity contribution in [1.29, 1.82) is 0 Å². The lowest BCUT2D eigenvalue weighted by molar-refractivity contribution is -0.150. The molecule has 2 unspecified atom stereocenters. The maximum Gasteiger partial charge on any atom is 0.240 e. The summed E-state index contributed by atoms with van der Waals surface area (Å²) in [6, 6.07) is -3.31. The molecular formula is C42H84ClN3O5. The highest BCUT2D eigenvalue weighted by atomic mass is 35.5. The average molecular weight is 747 g/mol. The molecule has 3 atom stereocenters. The lowest BCUT2D eigenvalue weighted by Gasteiger charge is -2.37. The fourth-order valence-corrected chi connectivity index (χ4v) is 7.00. The minimum atomic E-state index is -1.19. The largest absolute Gasteiger partial charge is 0.394 e. The molecule has 0 aliphatic carbocycles. The molecule has 0 aliphatic heterocycles. The molecular weight excluding hydrogens is 662 g/mol. The van der Waals surface area contributed by atoms with Crippen LogP contribution in [-0.4, -0.2) is 70.5 Å². The quantitative estimate of drug-likeness (QED) is 0.0458. The van der Waals surface area contributed by atoms with Gasteiger partial charge in [-0.1, -0.05) is 174 Å². The molecule has 0 heterocycles. The first kappa shape index (κ1) is 52.0. The van der Waals surface area contributed by atoms with E-state index in [1.54, 1.807) is 0 Å². The molecule has 0 aromatic carbocycles. The van der Waals surface area contributed by atoms with E-state index in [0.717, 1.165) is 43.4 Å². The summed E-state index contributed by atoms with van der Waals surface area (Å²) in [6.07, 6.45) is 33.3. The first-order valence-electron chi connectivity index (χ1n) is 21.4. The van der Waals surface area contributed by atoms with Crippen LogP contribution >= 0.6 is 12.4 Å². The fraction of sp³-hybridized carbons (Fsp3) is 0.929. The highest BCUT2D eigenvalue weighted by Crippen LogP contribution is 2.19. The normalized spacial score (nSPS) is 13.1. The van der Waals surface area contributed by atoms with Crippen molar-refractivity contribution in [3.63, 3.8) is 0 Å². The number of hydrogen-bond acceptors (Lipinski definition) is 7. The Kier molecular flexibility index (Phi) is 39.5. The van der Waals surface area contributed by atoms with Crippen molar-refractivity contribution in [2.45, 2.75) is 231 Å². The van der Waals surface area contributed by atoms with Crippen molar-refractivity contribution in [3.05, 3.63) is 0 Å².